The average molecular weight is 273 g/mol. The van der Waals surface area contributed by atoms with Crippen molar-refractivity contribution in [2.75, 3.05) is 5.73 Å². The number of ketones is 1. The fourth-order valence-corrected chi connectivity index (χ4v) is 1.93. The van der Waals surface area contributed by atoms with Crippen molar-refractivity contribution < 1.29 is 13.9 Å². The highest BCUT2D eigenvalue weighted by atomic mass is 19.1. The van der Waals surface area contributed by atoms with E-state index in [9.17, 15) is 9.18 Å². The number of nitrogen functional groups attached to an aromatic ring is 1. The first kappa shape index (κ1) is 14.1. The van der Waals surface area contributed by atoms with Crippen molar-refractivity contribution in [3.05, 3.63) is 58.9 Å². The zero-order valence-corrected chi connectivity index (χ0v) is 11.4. The van der Waals surface area contributed by atoms with Gasteiger partial charge in [0, 0.05) is 5.69 Å². The number of carbonyl (C=O) groups is 1. The van der Waals surface area contributed by atoms with Gasteiger partial charge in [0.2, 0.25) is 0 Å². The van der Waals surface area contributed by atoms with Crippen molar-refractivity contribution in [2.24, 2.45) is 0 Å². The molecule has 2 rings (SSSR count). The lowest BCUT2D eigenvalue weighted by Crippen LogP contribution is -2.04. The van der Waals surface area contributed by atoms with E-state index in [-0.39, 0.29) is 18.2 Å². The van der Waals surface area contributed by atoms with Crippen LogP contribution in [0, 0.1) is 12.7 Å². The molecule has 0 amide bonds. The van der Waals surface area contributed by atoms with Gasteiger partial charge >= 0.3 is 0 Å². The van der Waals surface area contributed by atoms with Crippen LogP contribution in [0.1, 0.15) is 28.4 Å². The van der Waals surface area contributed by atoms with E-state index < -0.39 is 0 Å². The lowest BCUT2D eigenvalue weighted by Gasteiger charge is -2.12. The quantitative estimate of drug-likeness (QED) is 0.685. The SMILES string of the molecule is CC(=O)c1cc(N)ccc1OCc1ccc(F)cc1C. The van der Waals surface area contributed by atoms with E-state index in [1.165, 1.54) is 19.1 Å². The van der Waals surface area contributed by atoms with Crippen LogP contribution < -0.4 is 10.5 Å². The highest BCUT2D eigenvalue weighted by Gasteiger charge is 2.10. The Labute approximate surface area is 117 Å². The van der Waals surface area contributed by atoms with Crippen LogP contribution in [-0.4, -0.2) is 5.78 Å². The molecule has 0 aromatic heterocycles. The molecule has 0 saturated heterocycles. The van der Waals surface area contributed by atoms with E-state index in [1.807, 2.05) is 6.92 Å². The van der Waals surface area contributed by atoms with E-state index in [1.54, 1.807) is 24.3 Å². The van der Waals surface area contributed by atoms with E-state index in [0.717, 1.165) is 11.1 Å². The third kappa shape index (κ3) is 3.15. The summed E-state index contributed by atoms with van der Waals surface area (Å²) in [5.41, 5.74) is 8.31. The summed E-state index contributed by atoms with van der Waals surface area (Å²) in [5.74, 6) is 0.0988. The molecule has 2 aromatic carbocycles. The lowest BCUT2D eigenvalue weighted by atomic mass is 10.1. The first-order chi connectivity index (χ1) is 9.47. The first-order valence-electron chi connectivity index (χ1n) is 6.25. The molecular formula is C16H16FNO2. The summed E-state index contributed by atoms with van der Waals surface area (Å²) < 4.78 is 18.7. The summed E-state index contributed by atoms with van der Waals surface area (Å²) in [6.45, 7) is 3.55. The molecule has 0 unspecified atom stereocenters. The van der Waals surface area contributed by atoms with Crippen molar-refractivity contribution in [3.63, 3.8) is 0 Å². The Hall–Kier alpha value is -2.36. The molecule has 0 saturated carbocycles. The number of rotatable bonds is 4. The van der Waals surface area contributed by atoms with Crippen molar-refractivity contribution >= 4 is 11.5 Å². The Morgan fingerprint density at radius 1 is 1.25 bits per heavy atom. The molecule has 20 heavy (non-hydrogen) atoms. The number of benzene rings is 2. The number of ether oxygens (including phenoxy) is 1. The molecule has 0 aliphatic carbocycles. The molecule has 2 aromatic rings. The van der Waals surface area contributed by atoms with Crippen LogP contribution in [0.15, 0.2) is 36.4 Å². The number of anilines is 1. The number of Topliss-reactive ketones (excluding diaryl/α,β-unsaturated/α-hetero) is 1. The van der Waals surface area contributed by atoms with Crippen LogP contribution in [0.4, 0.5) is 10.1 Å². The minimum Gasteiger partial charge on any atom is -0.488 e. The molecule has 3 nitrogen and oxygen atoms in total. The standard InChI is InChI=1S/C16H16FNO2/c1-10-7-13(17)4-3-12(10)9-20-16-6-5-14(18)8-15(16)11(2)19/h3-8H,9,18H2,1-2H3. The molecule has 0 radical (unpaired) electrons. The first-order valence-corrected chi connectivity index (χ1v) is 6.25. The smallest absolute Gasteiger partial charge is 0.163 e. The Kier molecular flexibility index (Phi) is 4.03. The van der Waals surface area contributed by atoms with Gasteiger partial charge in [-0.2, -0.15) is 0 Å². The Morgan fingerprint density at radius 2 is 2.00 bits per heavy atom. The monoisotopic (exact) mass is 273 g/mol. The van der Waals surface area contributed by atoms with Crippen LogP contribution in [-0.2, 0) is 6.61 Å². The van der Waals surface area contributed by atoms with Crippen molar-refractivity contribution in [1.82, 2.24) is 0 Å². The summed E-state index contributed by atoms with van der Waals surface area (Å²) in [5, 5.41) is 0. The van der Waals surface area contributed by atoms with E-state index in [2.05, 4.69) is 0 Å². The molecule has 0 atom stereocenters. The van der Waals surface area contributed by atoms with E-state index >= 15 is 0 Å². The number of aryl methyl sites for hydroxylation is 1. The van der Waals surface area contributed by atoms with Crippen molar-refractivity contribution in [3.8, 4) is 5.75 Å². The van der Waals surface area contributed by atoms with Gasteiger partial charge in [0.25, 0.3) is 0 Å². The fourth-order valence-electron chi connectivity index (χ4n) is 1.93. The van der Waals surface area contributed by atoms with Crippen molar-refractivity contribution in [2.45, 2.75) is 20.5 Å². The lowest BCUT2D eigenvalue weighted by molar-refractivity contribution is 0.101. The Balaban J connectivity index is 2.20. The van der Waals surface area contributed by atoms with Gasteiger partial charge in [-0.3, -0.25) is 4.79 Å². The van der Waals surface area contributed by atoms with E-state index in [0.29, 0.717) is 17.0 Å². The summed E-state index contributed by atoms with van der Waals surface area (Å²) in [6.07, 6.45) is 0. The minimum absolute atomic E-state index is 0.108. The summed E-state index contributed by atoms with van der Waals surface area (Å²) in [6, 6.07) is 9.46. The summed E-state index contributed by atoms with van der Waals surface area (Å²) in [7, 11) is 0. The maximum absolute atomic E-state index is 13.0. The zero-order valence-electron chi connectivity index (χ0n) is 11.4. The maximum atomic E-state index is 13.0. The van der Waals surface area contributed by atoms with Crippen molar-refractivity contribution in [1.29, 1.82) is 0 Å². The van der Waals surface area contributed by atoms with Gasteiger partial charge in [0.15, 0.2) is 5.78 Å². The topological polar surface area (TPSA) is 52.3 Å². The summed E-state index contributed by atoms with van der Waals surface area (Å²) >= 11 is 0. The molecule has 0 aliphatic rings. The molecule has 104 valence electrons. The number of carbonyl (C=O) groups excluding carboxylic acids is 1. The molecule has 4 heteroatoms. The second kappa shape index (κ2) is 5.74. The molecule has 0 heterocycles. The molecule has 0 spiro atoms. The third-order valence-corrected chi connectivity index (χ3v) is 3.07. The normalized spacial score (nSPS) is 10.3. The summed E-state index contributed by atoms with van der Waals surface area (Å²) in [4.78, 5) is 11.6. The van der Waals surface area contributed by atoms with Crippen LogP contribution in [0.5, 0.6) is 5.75 Å². The highest BCUT2D eigenvalue weighted by Crippen LogP contribution is 2.23. The fraction of sp³-hybridized carbons (Fsp3) is 0.188. The van der Waals surface area contributed by atoms with Crippen LogP contribution in [0.3, 0.4) is 0 Å². The minimum atomic E-state index is -0.275. The average Bonchev–Trinajstić information content (AvgIpc) is 2.38. The predicted molar refractivity (Wildman–Crippen MR) is 76.3 cm³/mol. The highest BCUT2D eigenvalue weighted by molar-refractivity contribution is 5.97. The molecule has 0 bridgehead atoms. The van der Waals surface area contributed by atoms with Gasteiger partial charge < -0.3 is 10.5 Å². The Morgan fingerprint density at radius 3 is 2.65 bits per heavy atom. The third-order valence-electron chi connectivity index (χ3n) is 3.07. The number of hydrogen-bond donors (Lipinski definition) is 1. The van der Waals surface area contributed by atoms with Crippen LogP contribution in [0.25, 0.3) is 0 Å². The predicted octanol–water partition coefficient (Wildman–Crippen LogP) is 3.50. The van der Waals surface area contributed by atoms with Crippen LogP contribution >= 0.6 is 0 Å². The number of halogens is 1. The molecule has 2 N–H and O–H groups in total. The van der Waals surface area contributed by atoms with Gasteiger partial charge in [-0.05, 0) is 55.3 Å². The van der Waals surface area contributed by atoms with Gasteiger partial charge in [0.1, 0.15) is 18.2 Å². The maximum Gasteiger partial charge on any atom is 0.163 e. The second-order valence-corrected chi connectivity index (χ2v) is 4.67. The van der Waals surface area contributed by atoms with Gasteiger partial charge in [-0.1, -0.05) is 6.07 Å². The Bertz CT molecular complexity index is 653. The molecular weight excluding hydrogens is 257 g/mol. The largest absolute Gasteiger partial charge is 0.488 e. The van der Waals surface area contributed by atoms with Gasteiger partial charge in [0.05, 0.1) is 5.56 Å². The number of hydrogen-bond acceptors (Lipinski definition) is 3. The van der Waals surface area contributed by atoms with Gasteiger partial charge in [-0.15, -0.1) is 0 Å². The number of nitrogens with two attached hydrogens (primary N) is 1. The van der Waals surface area contributed by atoms with E-state index in [4.69, 9.17) is 10.5 Å². The zero-order chi connectivity index (χ0) is 14.7. The van der Waals surface area contributed by atoms with Crippen LogP contribution in [0.2, 0.25) is 0 Å². The second-order valence-electron chi connectivity index (χ2n) is 4.67. The molecule has 0 fully saturated rings. The molecule has 0 aliphatic heterocycles. The van der Waals surface area contributed by atoms with Gasteiger partial charge in [-0.25, -0.2) is 4.39 Å².